The first-order chi connectivity index (χ1) is 8.08. The molecular weight excluding hydrogens is 288 g/mol. The summed E-state index contributed by atoms with van der Waals surface area (Å²) in [6.07, 6.45) is -1.14. The van der Waals surface area contributed by atoms with Gasteiger partial charge in [-0.1, -0.05) is 21.1 Å². The van der Waals surface area contributed by atoms with Gasteiger partial charge in [-0.15, -0.1) is 5.10 Å². The minimum atomic E-state index is -1.14. The summed E-state index contributed by atoms with van der Waals surface area (Å²) in [7, 11) is 0. The molecule has 0 bridgehead atoms. The zero-order valence-electron chi connectivity index (χ0n) is 8.88. The van der Waals surface area contributed by atoms with Crippen molar-refractivity contribution in [3.8, 4) is 5.69 Å². The maximum Gasteiger partial charge on any atom is 0.410 e. The number of nitrogens with zero attached hydrogens (tertiary/aromatic N) is 3. The Balaban J connectivity index is 2.45. The van der Waals surface area contributed by atoms with Crippen molar-refractivity contribution in [3.05, 3.63) is 34.4 Å². The lowest BCUT2D eigenvalue weighted by molar-refractivity contribution is 0.209. The van der Waals surface area contributed by atoms with Gasteiger partial charge in [0.05, 0.1) is 5.69 Å². The number of aromatic nitrogens is 3. The maximum atomic E-state index is 10.7. The number of nitrogens with one attached hydrogen (secondary N) is 1. The van der Waals surface area contributed by atoms with E-state index in [1.54, 1.807) is 6.92 Å². The molecule has 2 N–H and O–H groups in total. The molecule has 17 heavy (non-hydrogen) atoms. The van der Waals surface area contributed by atoms with Crippen molar-refractivity contribution in [1.29, 1.82) is 0 Å². The summed E-state index contributed by atoms with van der Waals surface area (Å²) in [6.45, 7) is 1.69. The van der Waals surface area contributed by atoms with Gasteiger partial charge >= 0.3 is 6.09 Å². The standard InChI is InChI=1S/C10H9BrN4O2/c1-6-9(12-10(16)17)15(14-13-6)8-4-2-7(11)3-5-8/h2-5,12H,1H3,(H,16,17). The SMILES string of the molecule is Cc1nnn(-c2ccc(Br)cc2)c1NC(=O)O. The van der Waals surface area contributed by atoms with Crippen LogP contribution in [0.1, 0.15) is 5.69 Å². The number of amides is 1. The smallest absolute Gasteiger partial charge is 0.410 e. The Hall–Kier alpha value is -1.89. The molecule has 88 valence electrons. The molecule has 1 heterocycles. The molecule has 0 fully saturated rings. The van der Waals surface area contributed by atoms with Crippen LogP contribution in [0.4, 0.5) is 10.6 Å². The first kappa shape index (κ1) is 11.6. The van der Waals surface area contributed by atoms with Gasteiger partial charge in [-0.3, -0.25) is 5.32 Å². The van der Waals surface area contributed by atoms with E-state index in [4.69, 9.17) is 5.11 Å². The van der Waals surface area contributed by atoms with Gasteiger partial charge in [0.25, 0.3) is 0 Å². The number of hydrogen-bond acceptors (Lipinski definition) is 3. The number of aryl methyl sites for hydroxylation is 1. The van der Waals surface area contributed by atoms with Gasteiger partial charge in [-0.2, -0.15) is 4.68 Å². The van der Waals surface area contributed by atoms with Crippen molar-refractivity contribution in [1.82, 2.24) is 15.0 Å². The molecular formula is C10H9BrN4O2. The van der Waals surface area contributed by atoms with Crippen molar-refractivity contribution in [2.45, 2.75) is 6.92 Å². The second-order valence-electron chi connectivity index (χ2n) is 3.34. The van der Waals surface area contributed by atoms with Crippen LogP contribution in [0.15, 0.2) is 28.7 Å². The highest BCUT2D eigenvalue weighted by Gasteiger charge is 2.12. The lowest BCUT2D eigenvalue weighted by Crippen LogP contribution is -2.12. The molecule has 6 nitrogen and oxygen atoms in total. The summed E-state index contributed by atoms with van der Waals surface area (Å²) in [5, 5.41) is 18.8. The van der Waals surface area contributed by atoms with Crippen LogP contribution in [-0.4, -0.2) is 26.2 Å². The fourth-order valence-corrected chi connectivity index (χ4v) is 1.63. The zero-order valence-corrected chi connectivity index (χ0v) is 10.5. The summed E-state index contributed by atoms with van der Waals surface area (Å²) < 4.78 is 2.38. The molecule has 0 saturated carbocycles. The van der Waals surface area contributed by atoms with Gasteiger partial charge in [0.15, 0.2) is 5.82 Å². The van der Waals surface area contributed by atoms with E-state index in [1.807, 2.05) is 24.3 Å². The molecule has 0 saturated heterocycles. The normalized spacial score (nSPS) is 10.2. The molecule has 0 spiro atoms. The molecule has 1 aromatic carbocycles. The predicted octanol–water partition coefficient (Wildman–Crippen LogP) is 2.43. The molecule has 2 rings (SSSR count). The third-order valence-electron chi connectivity index (χ3n) is 2.14. The first-order valence-electron chi connectivity index (χ1n) is 4.76. The molecule has 0 aliphatic heterocycles. The Kier molecular flexibility index (Phi) is 3.10. The van der Waals surface area contributed by atoms with Crippen LogP contribution >= 0.6 is 15.9 Å². The number of hydrogen-bond donors (Lipinski definition) is 2. The van der Waals surface area contributed by atoms with Crippen molar-refractivity contribution < 1.29 is 9.90 Å². The highest BCUT2D eigenvalue weighted by Crippen LogP contribution is 2.19. The fourth-order valence-electron chi connectivity index (χ4n) is 1.36. The van der Waals surface area contributed by atoms with Crippen LogP contribution in [-0.2, 0) is 0 Å². The average Bonchev–Trinajstić information content (AvgIpc) is 2.61. The zero-order chi connectivity index (χ0) is 12.4. The monoisotopic (exact) mass is 296 g/mol. The third-order valence-corrected chi connectivity index (χ3v) is 2.66. The minimum Gasteiger partial charge on any atom is -0.465 e. The van der Waals surface area contributed by atoms with Crippen molar-refractivity contribution in [3.63, 3.8) is 0 Å². The van der Waals surface area contributed by atoms with Crippen LogP contribution in [0.2, 0.25) is 0 Å². The van der Waals surface area contributed by atoms with E-state index in [2.05, 4.69) is 31.6 Å². The Morgan fingerprint density at radius 1 is 1.41 bits per heavy atom. The molecule has 1 aromatic heterocycles. The molecule has 0 aliphatic carbocycles. The topological polar surface area (TPSA) is 80.0 Å². The number of carbonyl (C=O) groups is 1. The van der Waals surface area contributed by atoms with E-state index in [-0.39, 0.29) is 0 Å². The van der Waals surface area contributed by atoms with Gasteiger partial charge in [-0.25, -0.2) is 4.79 Å². The first-order valence-corrected chi connectivity index (χ1v) is 5.55. The van der Waals surface area contributed by atoms with Crippen LogP contribution < -0.4 is 5.32 Å². The van der Waals surface area contributed by atoms with Gasteiger partial charge in [0.2, 0.25) is 0 Å². The molecule has 0 atom stereocenters. The maximum absolute atomic E-state index is 10.7. The second kappa shape index (κ2) is 4.54. The highest BCUT2D eigenvalue weighted by molar-refractivity contribution is 9.10. The van der Waals surface area contributed by atoms with Gasteiger partial charge in [-0.05, 0) is 31.2 Å². The van der Waals surface area contributed by atoms with Crippen LogP contribution in [0.5, 0.6) is 0 Å². The number of rotatable bonds is 2. The lowest BCUT2D eigenvalue weighted by Gasteiger charge is -2.06. The van der Waals surface area contributed by atoms with E-state index in [0.717, 1.165) is 10.2 Å². The molecule has 0 unspecified atom stereocenters. The Morgan fingerprint density at radius 2 is 2.06 bits per heavy atom. The number of halogens is 1. The summed E-state index contributed by atoms with van der Waals surface area (Å²) in [5.74, 6) is 0.347. The molecule has 0 radical (unpaired) electrons. The van der Waals surface area contributed by atoms with Gasteiger partial charge in [0.1, 0.15) is 5.69 Å². The van der Waals surface area contributed by atoms with E-state index >= 15 is 0 Å². The number of anilines is 1. The van der Waals surface area contributed by atoms with Crippen molar-refractivity contribution in [2.75, 3.05) is 5.32 Å². The van der Waals surface area contributed by atoms with Crippen LogP contribution in [0.3, 0.4) is 0 Å². The van der Waals surface area contributed by atoms with E-state index in [1.165, 1.54) is 4.68 Å². The van der Waals surface area contributed by atoms with Crippen molar-refractivity contribution >= 4 is 27.8 Å². The molecule has 7 heteroatoms. The number of carboxylic acid groups (broad SMARTS) is 1. The molecule has 0 aliphatic rings. The highest BCUT2D eigenvalue weighted by atomic mass is 79.9. The van der Waals surface area contributed by atoms with Gasteiger partial charge < -0.3 is 5.11 Å². The Morgan fingerprint density at radius 3 is 2.65 bits per heavy atom. The third kappa shape index (κ3) is 2.44. The van der Waals surface area contributed by atoms with Crippen molar-refractivity contribution in [2.24, 2.45) is 0 Å². The lowest BCUT2D eigenvalue weighted by atomic mass is 10.3. The summed E-state index contributed by atoms with van der Waals surface area (Å²) in [6, 6.07) is 7.31. The largest absolute Gasteiger partial charge is 0.465 e. The Labute approximate surface area is 105 Å². The number of benzene rings is 1. The van der Waals surface area contributed by atoms with E-state index in [9.17, 15) is 4.79 Å². The van der Waals surface area contributed by atoms with Crippen LogP contribution in [0.25, 0.3) is 5.69 Å². The predicted molar refractivity (Wildman–Crippen MR) is 65.4 cm³/mol. The summed E-state index contributed by atoms with van der Waals surface area (Å²) >= 11 is 3.33. The molecule has 2 aromatic rings. The van der Waals surface area contributed by atoms with E-state index < -0.39 is 6.09 Å². The van der Waals surface area contributed by atoms with Gasteiger partial charge in [0, 0.05) is 4.47 Å². The summed E-state index contributed by atoms with van der Waals surface area (Å²) in [4.78, 5) is 10.7. The Bertz CT molecular complexity index is 550. The van der Waals surface area contributed by atoms with Crippen LogP contribution in [0, 0.1) is 6.92 Å². The minimum absolute atomic E-state index is 0.347. The quantitative estimate of drug-likeness (QED) is 0.892. The van der Waals surface area contributed by atoms with E-state index in [0.29, 0.717) is 11.5 Å². The second-order valence-corrected chi connectivity index (χ2v) is 4.26. The summed E-state index contributed by atoms with van der Waals surface area (Å²) in [5.41, 5.74) is 1.26. The average molecular weight is 297 g/mol. The fraction of sp³-hybridized carbons (Fsp3) is 0.100. The molecule has 1 amide bonds.